The Morgan fingerprint density at radius 1 is 1.43 bits per heavy atom. The maximum absolute atomic E-state index is 11.7. The second-order valence-corrected chi connectivity index (χ2v) is 4.09. The first-order valence-corrected chi connectivity index (χ1v) is 6.19. The van der Waals surface area contributed by atoms with Gasteiger partial charge in [0.2, 0.25) is 0 Å². The normalized spacial score (nSPS) is 10.3. The first-order valence-electron chi connectivity index (χ1n) is 6.19. The van der Waals surface area contributed by atoms with Gasteiger partial charge in [-0.2, -0.15) is 10.4 Å². The van der Waals surface area contributed by atoms with Crippen molar-refractivity contribution in [3.63, 3.8) is 0 Å². The van der Waals surface area contributed by atoms with Crippen molar-refractivity contribution in [1.29, 1.82) is 5.26 Å². The molecule has 1 amide bonds. The summed E-state index contributed by atoms with van der Waals surface area (Å²) in [5.74, 6) is 0.929. The fourth-order valence-corrected chi connectivity index (χ4v) is 1.60. The lowest BCUT2D eigenvalue weighted by molar-refractivity contribution is 0.0926. The number of amides is 1. The molecular weight excluding hydrogens is 270 g/mol. The maximum Gasteiger partial charge on any atom is 0.307 e. The molecule has 0 saturated carbocycles. The Hall–Kier alpha value is -3.07. The molecule has 1 N–H and O–H groups in total. The first kappa shape index (κ1) is 14.3. The van der Waals surface area contributed by atoms with Gasteiger partial charge in [0, 0.05) is 5.56 Å². The molecule has 1 heterocycles. The maximum atomic E-state index is 11.7. The molecule has 2 aromatic rings. The van der Waals surface area contributed by atoms with Crippen LogP contribution in [0.4, 0.5) is 0 Å². The summed E-state index contributed by atoms with van der Waals surface area (Å²) in [5, 5.41) is 12.4. The van der Waals surface area contributed by atoms with E-state index >= 15 is 0 Å². The van der Waals surface area contributed by atoms with E-state index < -0.39 is 5.91 Å². The fraction of sp³-hybridized carbons (Fsp3) is 0.133. The largest absolute Gasteiger partial charge is 0.478 e. The number of rotatable bonds is 5. The number of benzene rings is 1. The van der Waals surface area contributed by atoms with E-state index in [9.17, 15) is 4.79 Å². The molecule has 2 rings (SSSR count). The summed E-state index contributed by atoms with van der Waals surface area (Å²) in [7, 11) is 0. The number of carbonyl (C=O) groups excluding carboxylic acids is 1. The third-order valence-electron chi connectivity index (χ3n) is 2.55. The molecule has 0 spiro atoms. The van der Waals surface area contributed by atoms with Crippen LogP contribution in [0.5, 0.6) is 5.75 Å². The van der Waals surface area contributed by atoms with E-state index in [-0.39, 0.29) is 12.4 Å². The van der Waals surface area contributed by atoms with Crippen molar-refractivity contribution in [2.24, 2.45) is 5.10 Å². The average molecular weight is 283 g/mol. The molecule has 0 aliphatic carbocycles. The average Bonchev–Trinajstić information content (AvgIpc) is 2.93. The zero-order valence-corrected chi connectivity index (χ0v) is 11.4. The molecule has 1 aromatic carbocycles. The smallest absolute Gasteiger partial charge is 0.307 e. The standard InChI is InChI=1S/C15H13N3O3/c1-11-6-7-14(21-11)15(19)18-17-10-12-4-2-3-5-13(12)20-9-8-16/h2-7,10H,9H2,1H3,(H,18,19)/b17-10-. The van der Waals surface area contributed by atoms with E-state index in [1.807, 2.05) is 6.07 Å². The number of furan rings is 1. The van der Waals surface area contributed by atoms with E-state index in [0.29, 0.717) is 17.1 Å². The second-order valence-electron chi connectivity index (χ2n) is 4.09. The van der Waals surface area contributed by atoms with Crippen LogP contribution < -0.4 is 10.2 Å². The number of hydrogen-bond acceptors (Lipinski definition) is 5. The molecule has 0 aliphatic heterocycles. The zero-order valence-electron chi connectivity index (χ0n) is 11.4. The van der Waals surface area contributed by atoms with Crippen molar-refractivity contribution < 1.29 is 13.9 Å². The second kappa shape index (κ2) is 6.91. The van der Waals surface area contributed by atoms with E-state index in [0.717, 1.165) is 0 Å². The Morgan fingerprint density at radius 3 is 2.95 bits per heavy atom. The summed E-state index contributed by atoms with van der Waals surface area (Å²) >= 11 is 0. The van der Waals surface area contributed by atoms with Crippen LogP contribution in [0.2, 0.25) is 0 Å². The van der Waals surface area contributed by atoms with E-state index in [1.54, 1.807) is 43.3 Å². The van der Waals surface area contributed by atoms with Gasteiger partial charge >= 0.3 is 5.91 Å². The third-order valence-corrected chi connectivity index (χ3v) is 2.55. The van der Waals surface area contributed by atoms with Gasteiger partial charge in [0.1, 0.15) is 17.6 Å². The summed E-state index contributed by atoms with van der Waals surface area (Å²) in [6.45, 7) is 1.70. The van der Waals surface area contributed by atoms with Gasteiger partial charge in [-0.05, 0) is 31.2 Å². The lowest BCUT2D eigenvalue weighted by atomic mass is 10.2. The lowest BCUT2D eigenvalue weighted by Crippen LogP contribution is -2.16. The van der Waals surface area contributed by atoms with Gasteiger partial charge < -0.3 is 9.15 Å². The minimum Gasteiger partial charge on any atom is -0.478 e. The number of carbonyl (C=O) groups is 1. The molecule has 0 atom stereocenters. The van der Waals surface area contributed by atoms with Gasteiger partial charge in [-0.15, -0.1) is 0 Å². The van der Waals surface area contributed by atoms with Crippen LogP contribution in [-0.4, -0.2) is 18.7 Å². The minimum atomic E-state index is -0.435. The highest BCUT2D eigenvalue weighted by Gasteiger charge is 2.08. The van der Waals surface area contributed by atoms with Crippen molar-refractivity contribution in [3.8, 4) is 11.8 Å². The summed E-state index contributed by atoms with van der Waals surface area (Å²) in [6, 6.07) is 12.2. The quantitative estimate of drug-likeness (QED) is 0.673. The van der Waals surface area contributed by atoms with Crippen LogP contribution in [0, 0.1) is 18.3 Å². The van der Waals surface area contributed by atoms with Gasteiger partial charge in [-0.1, -0.05) is 12.1 Å². The summed E-state index contributed by atoms with van der Waals surface area (Å²) in [5.41, 5.74) is 3.02. The Morgan fingerprint density at radius 2 is 2.24 bits per heavy atom. The van der Waals surface area contributed by atoms with Crippen LogP contribution in [-0.2, 0) is 0 Å². The molecule has 6 heteroatoms. The molecule has 0 bridgehead atoms. The molecule has 106 valence electrons. The number of aryl methyl sites for hydroxylation is 1. The molecule has 0 radical (unpaired) electrons. The van der Waals surface area contributed by atoms with Crippen LogP contribution >= 0.6 is 0 Å². The van der Waals surface area contributed by atoms with Gasteiger partial charge in [-0.3, -0.25) is 4.79 Å². The van der Waals surface area contributed by atoms with Crippen molar-refractivity contribution in [1.82, 2.24) is 5.43 Å². The zero-order chi connectivity index (χ0) is 15.1. The molecule has 21 heavy (non-hydrogen) atoms. The highest BCUT2D eigenvalue weighted by atomic mass is 16.5. The molecule has 6 nitrogen and oxygen atoms in total. The van der Waals surface area contributed by atoms with Crippen molar-refractivity contribution in [2.75, 3.05) is 6.61 Å². The van der Waals surface area contributed by atoms with Gasteiger partial charge in [0.25, 0.3) is 0 Å². The predicted octanol–water partition coefficient (Wildman–Crippen LogP) is 2.25. The van der Waals surface area contributed by atoms with Crippen molar-refractivity contribution >= 4 is 12.1 Å². The fourth-order valence-electron chi connectivity index (χ4n) is 1.60. The van der Waals surface area contributed by atoms with Crippen molar-refractivity contribution in [2.45, 2.75) is 6.92 Å². The Balaban J connectivity index is 2.01. The molecule has 1 aromatic heterocycles. The molecule has 0 fully saturated rings. The van der Waals surface area contributed by atoms with Gasteiger partial charge in [-0.25, -0.2) is 5.43 Å². The van der Waals surface area contributed by atoms with E-state index in [1.165, 1.54) is 6.21 Å². The minimum absolute atomic E-state index is 0.0527. The summed E-state index contributed by atoms with van der Waals surface area (Å²) in [4.78, 5) is 11.7. The highest BCUT2D eigenvalue weighted by molar-refractivity contribution is 5.92. The Bertz CT molecular complexity index is 698. The highest BCUT2D eigenvalue weighted by Crippen LogP contribution is 2.15. The van der Waals surface area contributed by atoms with Crippen LogP contribution in [0.3, 0.4) is 0 Å². The monoisotopic (exact) mass is 283 g/mol. The number of nitrogens with one attached hydrogen (secondary N) is 1. The first-order chi connectivity index (χ1) is 10.2. The molecule has 0 aliphatic rings. The lowest BCUT2D eigenvalue weighted by Gasteiger charge is -2.04. The van der Waals surface area contributed by atoms with E-state index in [2.05, 4.69) is 10.5 Å². The third kappa shape index (κ3) is 3.94. The predicted molar refractivity (Wildman–Crippen MR) is 76.1 cm³/mol. The topological polar surface area (TPSA) is 87.6 Å². The molecular formula is C15H13N3O3. The summed E-state index contributed by atoms with van der Waals surface area (Å²) in [6.07, 6.45) is 1.44. The number of ether oxygens (including phenoxy) is 1. The number of hydrazone groups is 1. The summed E-state index contributed by atoms with van der Waals surface area (Å²) < 4.78 is 10.4. The van der Waals surface area contributed by atoms with Crippen molar-refractivity contribution in [3.05, 3.63) is 53.5 Å². The Kier molecular flexibility index (Phi) is 4.72. The van der Waals surface area contributed by atoms with Crippen LogP contribution in [0.25, 0.3) is 0 Å². The molecule has 0 unspecified atom stereocenters. The van der Waals surface area contributed by atoms with Crippen LogP contribution in [0.15, 0.2) is 45.9 Å². The van der Waals surface area contributed by atoms with Gasteiger partial charge in [0.15, 0.2) is 12.4 Å². The number of nitrogens with zero attached hydrogens (tertiary/aromatic N) is 2. The van der Waals surface area contributed by atoms with Gasteiger partial charge in [0.05, 0.1) is 6.21 Å². The Labute approximate surface area is 121 Å². The number of para-hydroxylation sites is 1. The van der Waals surface area contributed by atoms with E-state index in [4.69, 9.17) is 14.4 Å². The molecule has 0 saturated heterocycles. The van der Waals surface area contributed by atoms with Crippen LogP contribution in [0.1, 0.15) is 21.9 Å². The number of hydrogen-bond donors (Lipinski definition) is 1. The SMILES string of the molecule is Cc1ccc(C(=O)N/N=C\c2ccccc2OCC#N)o1. The number of nitriles is 1.